The van der Waals surface area contributed by atoms with Crippen LogP contribution in [0.1, 0.15) is 32.3 Å². The topological polar surface area (TPSA) is 34.2 Å². The van der Waals surface area contributed by atoms with Gasteiger partial charge < -0.3 is 10.1 Å². The van der Waals surface area contributed by atoms with Crippen LogP contribution in [-0.4, -0.2) is 23.8 Å². The maximum atomic E-state index is 12.0. The van der Waals surface area contributed by atoms with E-state index in [9.17, 15) is 13.2 Å². The zero-order valence-electron chi connectivity index (χ0n) is 11.1. The minimum atomic E-state index is -4.13. The molecule has 6 heteroatoms. The van der Waals surface area contributed by atoms with Crippen LogP contribution < -0.4 is 10.1 Å². The Kier molecular flexibility index (Phi) is 6.08. The Labute approximate surface area is 111 Å². The van der Waals surface area contributed by atoms with Crippen molar-refractivity contribution in [2.75, 3.05) is 6.61 Å². The van der Waals surface area contributed by atoms with Crippen LogP contribution in [0.4, 0.5) is 13.2 Å². The molecule has 0 atom stereocenters. The van der Waals surface area contributed by atoms with E-state index in [-0.39, 0.29) is 13.0 Å². The highest BCUT2D eigenvalue weighted by atomic mass is 19.4. The summed E-state index contributed by atoms with van der Waals surface area (Å²) in [5, 5.41) is 3.22. The van der Waals surface area contributed by atoms with Gasteiger partial charge in [0.05, 0.1) is 6.61 Å². The van der Waals surface area contributed by atoms with E-state index in [1.165, 1.54) is 0 Å². The third kappa shape index (κ3) is 7.00. The van der Waals surface area contributed by atoms with Crippen molar-refractivity contribution in [1.82, 2.24) is 10.3 Å². The summed E-state index contributed by atoms with van der Waals surface area (Å²) in [6, 6.07) is 3.94. The predicted molar refractivity (Wildman–Crippen MR) is 67.0 cm³/mol. The lowest BCUT2D eigenvalue weighted by Gasteiger charge is -2.13. The van der Waals surface area contributed by atoms with Crippen molar-refractivity contribution in [2.24, 2.45) is 0 Å². The highest BCUT2D eigenvalue weighted by Crippen LogP contribution is 2.22. The first kappa shape index (κ1) is 15.8. The van der Waals surface area contributed by atoms with E-state index in [1.807, 2.05) is 19.9 Å². The zero-order chi connectivity index (χ0) is 14.3. The van der Waals surface area contributed by atoms with Gasteiger partial charge in [0.1, 0.15) is 0 Å². The largest absolute Gasteiger partial charge is 0.477 e. The molecule has 0 aliphatic heterocycles. The Morgan fingerprint density at radius 3 is 2.74 bits per heavy atom. The van der Waals surface area contributed by atoms with Gasteiger partial charge in [-0.3, -0.25) is 0 Å². The molecule has 0 radical (unpaired) electrons. The van der Waals surface area contributed by atoms with Gasteiger partial charge in [0.2, 0.25) is 5.88 Å². The van der Waals surface area contributed by atoms with Crippen LogP contribution in [0.15, 0.2) is 18.3 Å². The van der Waals surface area contributed by atoms with E-state index in [0.717, 1.165) is 5.56 Å². The lowest BCUT2D eigenvalue weighted by molar-refractivity contribution is -0.136. The summed E-state index contributed by atoms with van der Waals surface area (Å²) >= 11 is 0. The molecule has 108 valence electrons. The molecule has 0 unspecified atom stereocenters. The van der Waals surface area contributed by atoms with E-state index < -0.39 is 12.6 Å². The van der Waals surface area contributed by atoms with Crippen LogP contribution in [-0.2, 0) is 6.54 Å². The molecule has 3 nitrogen and oxygen atoms in total. The van der Waals surface area contributed by atoms with E-state index in [4.69, 9.17) is 4.74 Å². The first-order valence-corrected chi connectivity index (χ1v) is 6.25. The quantitative estimate of drug-likeness (QED) is 0.776. The number of nitrogens with zero attached hydrogens (tertiary/aromatic N) is 1. The van der Waals surface area contributed by atoms with Gasteiger partial charge in [-0.25, -0.2) is 4.98 Å². The van der Waals surface area contributed by atoms with Gasteiger partial charge in [0, 0.05) is 30.8 Å². The molecular formula is C13H19F3N2O. The first-order valence-electron chi connectivity index (χ1n) is 6.25. The Morgan fingerprint density at radius 1 is 1.37 bits per heavy atom. The lowest BCUT2D eigenvalue weighted by atomic mass is 10.2. The molecule has 0 amide bonds. The molecule has 0 aliphatic rings. The molecule has 1 heterocycles. The number of hydrogen-bond donors (Lipinski definition) is 1. The Hall–Kier alpha value is -1.30. The lowest BCUT2D eigenvalue weighted by Crippen LogP contribution is -2.22. The normalized spacial score (nSPS) is 11.9. The summed E-state index contributed by atoms with van der Waals surface area (Å²) < 4.78 is 41.3. The number of nitrogens with one attached hydrogen (secondary N) is 1. The van der Waals surface area contributed by atoms with E-state index >= 15 is 0 Å². The van der Waals surface area contributed by atoms with Crippen molar-refractivity contribution >= 4 is 0 Å². The molecule has 1 aromatic heterocycles. The van der Waals surface area contributed by atoms with Crippen molar-refractivity contribution in [2.45, 2.75) is 45.5 Å². The fourth-order valence-electron chi connectivity index (χ4n) is 1.44. The van der Waals surface area contributed by atoms with Crippen molar-refractivity contribution < 1.29 is 17.9 Å². The fraction of sp³-hybridized carbons (Fsp3) is 0.615. The number of alkyl halides is 3. The average Bonchev–Trinajstić information content (AvgIpc) is 2.32. The summed E-state index contributed by atoms with van der Waals surface area (Å²) in [7, 11) is 0. The van der Waals surface area contributed by atoms with Crippen molar-refractivity contribution in [3.05, 3.63) is 23.9 Å². The molecule has 1 rings (SSSR count). The number of ether oxygens (including phenoxy) is 1. The summed E-state index contributed by atoms with van der Waals surface area (Å²) in [5.74, 6) is 0.401. The maximum absolute atomic E-state index is 12.0. The van der Waals surface area contributed by atoms with Crippen molar-refractivity contribution in [1.29, 1.82) is 0 Å². The van der Waals surface area contributed by atoms with E-state index in [0.29, 0.717) is 18.5 Å². The van der Waals surface area contributed by atoms with Crippen molar-refractivity contribution in [3.8, 4) is 5.88 Å². The van der Waals surface area contributed by atoms with Crippen LogP contribution in [0, 0.1) is 0 Å². The molecule has 1 N–H and O–H groups in total. The Balaban J connectivity index is 2.44. The number of hydrogen-bond acceptors (Lipinski definition) is 3. The Morgan fingerprint density at radius 2 is 2.11 bits per heavy atom. The van der Waals surface area contributed by atoms with Gasteiger partial charge in [-0.2, -0.15) is 13.2 Å². The van der Waals surface area contributed by atoms with E-state index in [2.05, 4.69) is 10.3 Å². The molecule has 0 saturated heterocycles. The molecule has 0 aromatic carbocycles. The minimum Gasteiger partial charge on any atom is -0.477 e. The third-order valence-electron chi connectivity index (χ3n) is 2.39. The molecule has 0 fully saturated rings. The second-order valence-electron chi connectivity index (χ2n) is 4.57. The molecule has 19 heavy (non-hydrogen) atoms. The number of aromatic nitrogens is 1. The molecule has 0 spiro atoms. The maximum Gasteiger partial charge on any atom is 0.389 e. The van der Waals surface area contributed by atoms with Crippen molar-refractivity contribution in [3.63, 3.8) is 0 Å². The molecule has 1 aromatic rings. The molecule has 0 aliphatic carbocycles. The minimum absolute atomic E-state index is 0.0190. The van der Waals surface area contributed by atoms with Crippen LogP contribution in [0.2, 0.25) is 0 Å². The second kappa shape index (κ2) is 7.33. The SMILES string of the molecule is CC(C)NCc1cccnc1OCCCC(F)(F)F. The Bertz CT molecular complexity index is 380. The standard InChI is InChI=1S/C13H19F3N2O/c1-10(2)18-9-11-5-3-7-17-12(11)19-8-4-6-13(14,15)16/h3,5,7,10,18H,4,6,8-9H2,1-2H3. The summed E-state index contributed by atoms with van der Waals surface area (Å²) in [4.78, 5) is 4.05. The molecule has 0 bridgehead atoms. The van der Waals surface area contributed by atoms with Gasteiger partial charge in [-0.05, 0) is 12.5 Å². The summed E-state index contributed by atoms with van der Waals surface area (Å²) in [5.41, 5.74) is 0.850. The highest BCUT2D eigenvalue weighted by molar-refractivity contribution is 5.25. The predicted octanol–water partition coefficient (Wildman–Crippen LogP) is 3.30. The molecule has 0 saturated carbocycles. The summed E-state index contributed by atoms with van der Waals surface area (Å²) in [6.45, 7) is 4.63. The first-order chi connectivity index (χ1) is 8.88. The molecular weight excluding hydrogens is 257 g/mol. The van der Waals surface area contributed by atoms with Crippen LogP contribution in [0.3, 0.4) is 0 Å². The third-order valence-corrected chi connectivity index (χ3v) is 2.39. The van der Waals surface area contributed by atoms with Crippen LogP contribution >= 0.6 is 0 Å². The summed E-state index contributed by atoms with van der Waals surface area (Å²) in [6.07, 6.45) is -3.45. The van der Waals surface area contributed by atoms with Gasteiger partial charge in [-0.15, -0.1) is 0 Å². The number of rotatable bonds is 7. The fourth-order valence-corrected chi connectivity index (χ4v) is 1.44. The van der Waals surface area contributed by atoms with Gasteiger partial charge in [-0.1, -0.05) is 19.9 Å². The number of halogens is 3. The smallest absolute Gasteiger partial charge is 0.389 e. The monoisotopic (exact) mass is 276 g/mol. The average molecular weight is 276 g/mol. The van der Waals surface area contributed by atoms with Gasteiger partial charge in [0.25, 0.3) is 0 Å². The zero-order valence-corrected chi connectivity index (χ0v) is 11.1. The van der Waals surface area contributed by atoms with Gasteiger partial charge in [0.15, 0.2) is 0 Å². The van der Waals surface area contributed by atoms with Gasteiger partial charge >= 0.3 is 6.18 Å². The highest BCUT2D eigenvalue weighted by Gasteiger charge is 2.26. The van der Waals surface area contributed by atoms with Crippen LogP contribution in [0.25, 0.3) is 0 Å². The van der Waals surface area contributed by atoms with Crippen LogP contribution in [0.5, 0.6) is 5.88 Å². The van der Waals surface area contributed by atoms with E-state index in [1.54, 1.807) is 12.3 Å². The number of pyridine rings is 1. The second-order valence-corrected chi connectivity index (χ2v) is 4.57.